The third kappa shape index (κ3) is 2.86. The molecule has 26 heavy (non-hydrogen) atoms. The Hall–Kier alpha value is -3.74. The molecule has 0 atom stereocenters. The minimum absolute atomic E-state index is 0.0379. The molecule has 0 saturated carbocycles. The van der Waals surface area contributed by atoms with Gasteiger partial charge in [0.05, 0.1) is 11.1 Å². The molecular formula is C19H14N4O3. The van der Waals surface area contributed by atoms with Crippen molar-refractivity contribution in [2.24, 2.45) is 0 Å². The first-order chi connectivity index (χ1) is 12.6. The summed E-state index contributed by atoms with van der Waals surface area (Å²) in [5, 5.41) is 13.2. The van der Waals surface area contributed by atoms with Gasteiger partial charge >= 0.3 is 0 Å². The number of fused-ring (bicyclic) bond motifs is 1. The lowest BCUT2D eigenvalue weighted by molar-refractivity contribution is 0.102. The number of carbonyl (C=O) groups is 1. The van der Waals surface area contributed by atoms with Crippen LogP contribution in [0.3, 0.4) is 0 Å². The molecule has 0 fully saturated rings. The summed E-state index contributed by atoms with van der Waals surface area (Å²) in [4.78, 5) is 24.7. The first-order valence-corrected chi connectivity index (χ1v) is 7.89. The van der Waals surface area contributed by atoms with E-state index in [1.54, 1.807) is 55.7 Å². The third-order valence-electron chi connectivity index (χ3n) is 3.88. The molecule has 3 aromatic heterocycles. The molecule has 1 amide bonds. The lowest BCUT2D eigenvalue weighted by Gasteiger charge is -2.10. The lowest BCUT2D eigenvalue weighted by Crippen LogP contribution is -2.12. The van der Waals surface area contributed by atoms with E-state index in [1.807, 2.05) is 0 Å². The molecule has 4 aromatic rings. The Kier molecular flexibility index (Phi) is 3.81. The minimum Gasteiger partial charge on any atom is -0.507 e. The van der Waals surface area contributed by atoms with Gasteiger partial charge in [-0.2, -0.15) is 4.98 Å². The van der Waals surface area contributed by atoms with Gasteiger partial charge in [-0.25, -0.2) is 4.98 Å². The molecule has 2 N–H and O–H groups in total. The summed E-state index contributed by atoms with van der Waals surface area (Å²) in [5.41, 5.74) is 2.88. The number of benzene rings is 1. The van der Waals surface area contributed by atoms with E-state index in [4.69, 9.17) is 4.42 Å². The zero-order chi connectivity index (χ0) is 18.1. The van der Waals surface area contributed by atoms with Crippen LogP contribution in [0.2, 0.25) is 0 Å². The Morgan fingerprint density at radius 2 is 2.04 bits per heavy atom. The van der Waals surface area contributed by atoms with Crippen molar-refractivity contribution in [1.29, 1.82) is 0 Å². The van der Waals surface area contributed by atoms with E-state index >= 15 is 0 Å². The maximum atomic E-state index is 12.3. The smallest absolute Gasteiger partial charge is 0.257 e. The topological polar surface area (TPSA) is 101 Å². The van der Waals surface area contributed by atoms with Crippen molar-refractivity contribution in [2.75, 3.05) is 5.32 Å². The Balaban J connectivity index is 1.73. The summed E-state index contributed by atoms with van der Waals surface area (Å²) in [5.74, 6) is -0.0268. The highest BCUT2D eigenvalue weighted by molar-refractivity contribution is 6.04. The number of hydrogen-bond donors (Lipinski definition) is 2. The average Bonchev–Trinajstić information content (AvgIpc) is 3.09. The fourth-order valence-electron chi connectivity index (χ4n) is 2.60. The molecule has 0 bridgehead atoms. The van der Waals surface area contributed by atoms with Gasteiger partial charge in [0.1, 0.15) is 5.75 Å². The number of aromatic hydroxyl groups is 1. The number of pyridine rings is 2. The fourth-order valence-corrected chi connectivity index (χ4v) is 2.60. The van der Waals surface area contributed by atoms with Gasteiger partial charge in [-0.05, 0) is 48.9 Å². The van der Waals surface area contributed by atoms with Crippen molar-refractivity contribution in [2.45, 2.75) is 6.92 Å². The number of phenols is 1. The maximum absolute atomic E-state index is 12.3. The lowest BCUT2D eigenvalue weighted by atomic mass is 10.1. The highest BCUT2D eigenvalue weighted by Crippen LogP contribution is 2.35. The van der Waals surface area contributed by atoms with E-state index < -0.39 is 0 Å². The number of oxazole rings is 1. The Bertz CT molecular complexity index is 1070. The molecule has 0 radical (unpaired) electrons. The summed E-state index contributed by atoms with van der Waals surface area (Å²) in [6, 6.07) is 10.1. The van der Waals surface area contributed by atoms with Crippen LogP contribution in [0.15, 0.2) is 59.4 Å². The monoisotopic (exact) mass is 346 g/mol. The largest absolute Gasteiger partial charge is 0.507 e. The van der Waals surface area contributed by atoms with E-state index in [0.717, 1.165) is 0 Å². The van der Waals surface area contributed by atoms with Crippen LogP contribution < -0.4 is 5.32 Å². The van der Waals surface area contributed by atoms with Gasteiger partial charge in [-0.1, -0.05) is 0 Å². The summed E-state index contributed by atoms with van der Waals surface area (Å²) in [6.07, 6.45) is 4.70. The molecule has 0 aliphatic rings. The van der Waals surface area contributed by atoms with Crippen LogP contribution in [0.5, 0.6) is 5.75 Å². The number of nitrogens with one attached hydrogen (secondary N) is 1. The number of aryl methyl sites for hydroxylation is 1. The molecule has 7 nitrogen and oxygen atoms in total. The van der Waals surface area contributed by atoms with E-state index in [-0.39, 0.29) is 17.5 Å². The number of hydrogen-bond acceptors (Lipinski definition) is 6. The van der Waals surface area contributed by atoms with Crippen molar-refractivity contribution in [3.63, 3.8) is 0 Å². The standard InChI is InChI=1S/C19H14N4O3/c1-11-8-13(22-18(25)12-4-2-6-20-10-12)9-14(16(11)24)19-23-17-15(26-19)5-3-7-21-17/h2-10,24H,1H3,(H,22,25). The third-order valence-corrected chi connectivity index (χ3v) is 3.88. The van der Waals surface area contributed by atoms with Crippen LogP contribution in [0.1, 0.15) is 15.9 Å². The predicted molar refractivity (Wildman–Crippen MR) is 95.8 cm³/mol. The summed E-state index contributed by atoms with van der Waals surface area (Å²) >= 11 is 0. The molecule has 0 saturated heterocycles. The summed E-state index contributed by atoms with van der Waals surface area (Å²) in [6.45, 7) is 1.74. The summed E-state index contributed by atoms with van der Waals surface area (Å²) < 4.78 is 5.68. The van der Waals surface area contributed by atoms with Gasteiger partial charge in [0.25, 0.3) is 5.91 Å². The predicted octanol–water partition coefficient (Wildman–Crippen LogP) is 3.55. The van der Waals surface area contributed by atoms with E-state index in [0.29, 0.717) is 33.6 Å². The number of aromatic nitrogens is 3. The van der Waals surface area contributed by atoms with Crippen molar-refractivity contribution in [3.05, 3.63) is 66.1 Å². The molecular weight excluding hydrogens is 332 g/mol. The second-order valence-electron chi connectivity index (χ2n) is 5.73. The molecule has 0 aliphatic heterocycles. The van der Waals surface area contributed by atoms with Gasteiger partial charge < -0.3 is 14.8 Å². The highest BCUT2D eigenvalue weighted by Gasteiger charge is 2.17. The van der Waals surface area contributed by atoms with E-state index in [1.165, 1.54) is 6.20 Å². The summed E-state index contributed by atoms with van der Waals surface area (Å²) in [7, 11) is 0. The van der Waals surface area contributed by atoms with Crippen LogP contribution in [0.4, 0.5) is 5.69 Å². The molecule has 1 aromatic carbocycles. The quantitative estimate of drug-likeness (QED) is 0.550. The molecule has 0 unspecified atom stereocenters. The number of amides is 1. The zero-order valence-electron chi connectivity index (χ0n) is 13.8. The SMILES string of the molecule is Cc1cc(NC(=O)c2cccnc2)cc(-c2nc3ncccc3o2)c1O. The molecule has 128 valence electrons. The van der Waals surface area contributed by atoms with Gasteiger partial charge in [0, 0.05) is 24.3 Å². The van der Waals surface area contributed by atoms with Crippen LogP contribution in [-0.2, 0) is 0 Å². The van der Waals surface area contributed by atoms with Crippen LogP contribution in [0.25, 0.3) is 22.7 Å². The van der Waals surface area contributed by atoms with E-state index in [9.17, 15) is 9.90 Å². The first kappa shape index (κ1) is 15.8. The Morgan fingerprint density at radius 3 is 2.81 bits per heavy atom. The molecule has 0 aliphatic carbocycles. The Morgan fingerprint density at radius 1 is 1.19 bits per heavy atom. The zero-order valence-corrected chi connectivity index (χ0v) is 13.8. The highest BCUT2D eigenvalue weighted by atomic mass is 16.4. The van der Waals surface area contributed by atoms with Gasteiger partial charge in [0.2, 0.25) is 5.89 Å². The van der Waals surface area contributed by atoms with Crippen LogP contribution in [-0.4, -0.2) is 26.0 Å². The second-order valence-corrected chi connectivity index (χ2v) is 5.73. The number of phenolic OH excluding ortho intramolecular Hbond substituents is 1. The van der Waals surface area contributed by atoms with E-state index in [2.05, 4.69) is 20.3 Å². The molecule has 3 heterocycles. The minimum atomic E-state index is -0.298. The Labute approximate surface area is 148 Å². The fraction of sp³-hybridized carbons (Fsp3) is 0.0526. The van der Waals surface area contributed by atoms with Gasteiger partial charge in [0.15, 0.2) is 11.2 Å². The van der Waals surface area contributed by atoms with Crippen molar-refractivity contribution >= 4 is 22.8 Å². The van der Waals surface area contributed by atoms with Crippen molar-refractivity contribution in [3.8, 4) is 17.2 Å². The molecule has 4 rings (SSSR count). The molecule has 0 spiro atoms. The maximum Gasteiger partial charge on any atom is 0.257 e. The number of anilines is 1. The van der Waals surface area contributed by atoms with Crippen LogP contribution in [0, 0.1) is 6.92 Å². The average molecular weight is 346 g/mol. The van der Waals surface area contributed by atoms with Gasteiger partial charge in [-0.15, -0.1) is 0 Å². The number of carbonyl (C=O) groups excluding carboxylic acids is 1. The second kappa shape index (κ2) is 6.29. The van der Waals surface area contributed by atoms with Crippen molar-refractivity contribution in [1.82, 2.24) is 15.0 Å². The normalized spacial score (nSPS) is 10.8. The first-order valence-electron chi connectivity index (χ1n) is 7.89. The van der Waals surface area contributed by atoms with Crippen molar-refractivity contribution < 1.29 is 14.3 Å². The van der Waals surface area contributed by atoms with Gasteiger partial charge in [-0.3, -0.25) is 9.78 Å². The van der Waals surface area contributed by atoms with Crippen LogP contribution >= 0.6 is 0 Å². The number of rotatable bonds is 3. The number of nitrogens with zero attached hydrogens (tertiary/aromatic N) is 3. The molecule has 7 heteroatoms.